The quantitative estimate of drug-likeness (QED) is 0.290. The maximum Gasteiger partial charge on any atom is 0.295 e. The van der Waals surface area contributed by atoms with Gasteiger partial charge in [0.05, 0.1) is 18.2 Å². The number of aliphatic hydroxyl groups excluding tert-OH is 1. The summed E-state index contributed by atoms with van der Waals surface area (Å²) in [5.74, 6) is -2.39. The number of rotatable bonds is 8. The predicted molar refractivity (Wildman–Crippen MR) is 124 cm³/mol. The number of ether oxygens (including phenoxy) is 2. The van der Waals surface area contributed by atoms with E-state index in [1.54, 1.807) is 36.4 Å². The summed E-state index contributed by atoms with van der Waals surface area (Å²) in [4.78, 5) is 27.2. The Bertz CT molecular complexity index is 1260. The van der Waals surface area contributed by atoms with Gasteiger partial charge >= 0.3 is 0 Å². The Morgan fingerprint density at radius 1 is 0.971 bits per heavy atom. The van der Waals surface area contributed by atoms with E-state index in [4.69, 9.17) is 9.47 Å². The van der Waals surface area contributed by atoms with E-state index < -0.39 is 29.3 Å². The third-order valence-electron chi connectivity index (χ3n) is 5.69. The first-order valence-electron chi connectivity index (χ1n) is 10.9. The van der Waals surface area contributed by atoms with Crippen LogP contribution in [-0.2, 0) is 20.9 Å². The molecule has 3 aromatic rings. The predicted octanol–water partition coefficient (Wildman–Crippen LogP) is 4.61. The van der Waals surface area contributed by atoms with Crippen molar-refractivity contribution in [3.63, 3.8) is 0 Å². The van der Waals surface area contributed by atoms with Crippen molar-refractivity contribution >= 4 is 17.4 Å². The zero-order valence-corrected chi connectivity index (χ0v) is 18.9. The summed E-state index contributed by atoms with van der Waals surface area (Å²) in [7, 11) is 1.48. The molecule has 0 aliphatic carbocycles. The van der Waals surface area contributed by atoms with Crippen molar-refractivity contribution in [2.75, 3.05) is 20.3 Å². The molecule has 1 atom stereocenters. The Morgan fingerprint density at radius 2 is 1.63 bits per heavy atom. The number of carbonyl (C=O) groups excluding carboxylic acids is 2. The summed E-state index contributed by atoms with van der Waals surface area (Å²) < 4.78 is 37.5. The summed E-state index contributed by atoms with van der Waals surface area (Å²) in [6.07, 6.45) is 0. The number of nitrogens with zero attached hydrogens (tertiary/aromatic N) is 1. The molecule has 4 rings (SSSR count). The third-order valence-corrected chi connectivity index (χ3v) is 5.69. The first kappa shape index (κ1) is 24.1. The molecule has 1 heterocycles. The monoisotopic (exact) mass is 479 g/mol. The second kappa shape index (κ2) is 10.5. The van der Waals surface area contributed by atoms with Crippen molar-refractivity contribution < 1.29 is 33.0 Å². The number of hydrogen-bond acceptors (Lipinski definition) is 5. The smallest absolute Gasteiger partial charge is 0.295 e. The van der Waals surface area contributed by atoms with Crippen molar-refractivity contribution in [1.82, 2.24) is 4.90 Å². The molecule has 0 bridgehead atoms. The van der Waals surface area contributed by atoms with Crippen LogP contribution < -0.4 is 4.74 Å². The van der Waals surface area contributed by atoms with Gasteiger partial charge in [0.15, 0.2) is 0 Å². The molecule has 1 unspecified atom stereocenters. The number of carbonyl (C=O) groups is 2. The van der Waals surface area contributed by atoms with E-state index in [2.05, 4.69) is 0 Å². The molecule has 1 fully saturated rings. The number of halogens is 2. The normalized spacial score (nSPS) is 17.1. The van der Waals surface area contributed by atoms with Gasteiger partial charge < -0.3 is 19.5 Å². The van der Waals surface area contributed by atoms with Gasteiger partial charge in [-0.1, -0.05) is 24.3 Å². The molecule has 180 valence electrons. The first-order chi connectivity index (χ1) is 16.9. The lowest BCUT2D eigenvalue weighted by molar-refractivity contribution is -0.140. The van der Waals surface area contributed by atoms with Gasteiger partial charge in [0, 0.05) is 19.2 Å². The number of amides is 1. The van der Waals surface area contributed by atoms with E-state index >= 15 is 0 Å². The third kappa shape index (κ3) is 5.22. The SMILES string of the molecule is COCCN1C(=O)C(=O)/C(=C(\O)c2ccc(F)cc2)C1c1cccc(OCc2ccc(F)cc2)c1. The molecule has 0 spiro atoms. The minimum Gasteiger partial charge on any atom is -0.507 e. The van der Waals surface area contributed by atoms with Crippen LogP contribution in [0, 0.1) is 11.6 Å². The molecule has 0 aromatic heterocycles. The minimum absolute atomic E-state index is 0.103. The molecular weight excluding hydrogens is 456 g/mol. The highest BCUT2D eigenvalue weighted by molar-refractivity contribution is 6.46. The van der Waals surface area contributed by atoms with Crippen LogP contribution in [0.1, 0.15) is 22.7 Å². The number of hydrogen-bond donors (Lipinski definition) is 1. The van der Waals surface area contributed by atoms with Crippen molar-refractivity contribution in [3.05, 3.63) is 107 Å². The summed E-state index contributed by atoms with van der Waals surface area (Å²) in [5.41, 5.74) is 1.41. The summed E-state index contributed by atoms with van der Waals surface area (Å²) in [6.45, 7) is 0.483. The van der Waals surface area contributed by atoms with E-state index in [1.165, 1.54) is 36.3 Å². The molecule has 6 nitrogen and oxygen atoms in total. The Morgan fingerprint density at radius 3 is 2.29 bits per heavy atom. The summed E-state index contributed by atoms with van der Waals surface area (Å²) in [6, 6.07) is 16.8. The average Bonchev–Trinajstić information content (AvgIpc) is 3.12. The number of aliphatic hydroxyl groups is 1. The number of benzene rings is 3. The van der Waals surface area contributed by atoms with E-state index in [0.717, 1.165) is 17.7 Å². The lowest BCUT2D eigenvalue weighted by Crippen LogP contribution is -2.32. The summed E-state index contributed by atoms with van der Waals surface area (Å²) >= 11 is 0. The fourth-order valence-electron chi connectivity index (χ4n) is 3.93. The van der Waals surface area contributed by atoms with Crippen molar-refractivity contribution in [3.8, 4) is 5.75 Å². The van der Waals surface area contributed by atoms with E-state index in [0.29, 0.717) is 11.3 Å². The Labute approximate surface area is 201 Å². The molecule has 8 heteroatoms. The van der Waals surface area contributed by atoms with Crippen LogP contribution in [-0.4, -0.2) is 42.0 Å². The van der Waals surface area contributed by atoms with Gasteiger partial charge in [0.25, 0.3) is 11.7 Å². The van der Waals surface area contributed by atoms with Gasteiger partial charge in [0.1, 0.15) is 29.8 Å². The van der Waals surface area contributed by atoms with Gasteiger partial charge in [-0.3, -0.25) is 9.59 Å². The maximum atomic E-state index is 13.4. The van der Waals surface area contributed by atoms with Crippen LogP contribution in [0.25, 0.3) is 5.76 Å². The lowest BCUT2D eigenvalue weighted by Gasteiger charge is -2.25. The highest BCUT2D eigenvalue weighted by Gasteiger charge is 2.46. The highest BCUT2D eigenvalue weighted by Crippen LogP contribution is 2.40. The van der Waals surface area contributed by atoms with E-state index in [9.17, 15) is 23.5 Å². The van der Waals surface area contributed by atoms with Gasteiger partial charge in [-0.25, -0.2) is 8.78 Å². The number of methoxy groups -OCH3 is 1. The van der Waals surface area contributed by atoms with Crippen LogP contribution in [0.4, 0.5) is 8.78 Å². The second-order valence-electron chi connectivity index (χ2n) is 7.98. The zero-order valence-electron chi connectivity index (χ0n) is 18.9. The van der Waals surface area contributed by atoms with E-state index in [-0.39, 0.29) is 36.7 Å². The highest BCUT2D eigenvalue weighted by atomic mass is 19.1. The standard InChI is InChI=1S/C27H23F2NO5/c1-34-14-13-30-24(23(26(32)27(30)33)25(31)18-7-11-21(29)12-8-18)19-3-2-4-22(15-19)35-16-17-5-9-20(28)10-6-17/h2-12,15,24,31H,13-14,16H2,1H3/b25-23-. The van der Waals surface area contributed by atoms with E-state index in [1.807, 2.05) is 0 Å². The molecule has 0 radical (unpaired) electrons. The fraction of sp³-hybridized carbons (Fsp3) is 0.185. The maximum absolute atomic E-state index is 13.4. The molecule has 0 saturated carbocycles. The van der Waals surface area contributed by atoms with Crippen LogP contribution in [0.15, 0.2) is 78.4 Å². The van der Waals surface area contributed by atoms with Crippen molar-refractivity contribution in [2.45, 2.75) is 12.6 Å². The molecule has 1 aliphatic heterocycles. The first-order valence-corrected chi connectivity index (χ1v) is 10.9. The van der Waals surface area contributed by atoms with Crippen LogP contribution in [0.3, 0.4) is 0 Å². The molecule has 3 aromatic carbocycles. The van der Waals surface area contributed by atoms with Gasteiger partial charge in [-0.15, -0.1) is 0 Å². The van der Waals surface area contributed by atoms with Crippen LogP contribution >= 0.6 is 0 Å². The van der Waals surface area contributed by atoms with Gasteiger partial charge in [-0.2, -0.15) is 0 Å². The molecule has 1 amide bonds. The average molecular weight is 479 g/mol. The molecule has 1 aliphatic rings. The van der Waals surface area contributed by atoms with Crippen molar-refractivity contribution in [2.24, 2.45) is 0 Å². The summed E-state index contributed by atoms with van der Waals surface area (Å²) in [5, 5.41) is 11.0. The Balaban J connectivity index is 1.71. The fourth-order valence-corrected chi connectivity index (χ4v) is 3.93. The Kier molecular flexibility index (Phi) is 7.22. The Hall–Kier alpha value is -4.04. The molecular formula is C27H23F2NO5. The number of Topliss-reactive ketones (excluding diaryl/α,β-unsaturated/α-hetero) is 1. The van der Waals surface area contributed by atoms with Gasteiger partial charge in [0.2, 0.25) is 0 Å². The lowest BCUT2D eigenvalue weighted by atomic mass is 9.95. The van der Waals surface area contributed by atoms with Gasteiger partial charge in [-0.05, 0) is 59.7 Å². The topological polar surface area (TPSA) is 76.1 Å². The number of ketones is 1. The van der Waals surface area contributed by atoms with Crippen molar-refractivity contribution in [1.29, 1.82) is 0 Å². The molecule has 1 saturated heterocycles. The second-order valence-corrected chi connectivity index (χ2v) is 7.98. The minimum atomic E-state index is -0.899. The van der Waals surface area contributed by atoms with Crippen LogP contribution in [0.2, 0.25) is 0 Å². The zero-order chi connectivity index (χ0) is 24.9. The van der Waals surface area contributed by atoms with Crippen LogP contribution in [0.5, 0.6) is 5.75 Å². The molecule has 35 heavy (non-hydrogen) atoms. The molecule has 1 N–H and O–H groups in total. The largest absolute Gasteiger partial charge is 0.507 e. The number of likely N-dealkylation sites (tertiary alicyclic amines) is 1.